The van der Waals surface area contributed by atoms with Crippen molar-refractivity contribution in [3.8, 4) is 22.2 Å². The molecule has 0 atom stereocenters. The van der Waals surface area contributed by atoms with Gasteiger partial charge in [0, 0.05) is 11.6 Å². The monoisotopic (exact) mass is 443 g/mol. The maximum Gasteiger partial charge on any atom is 0.280 e. The van der Waals surface area contributed by atoms with Gasteiger partial charge in [0.15, 0.2) is 29.0 Å². The number of carbonyl (C=O) groups is 1. The highest BCUT2D eigenvalue weighted by molar-refractivity contribution is 7.13. The Hall–Kier alpha value is -3.79. The first kappa shape index (κ1) is 20.5. The minimum Gasteiger partial charge on any atom is -0.493 e. The normalized spacial score (nSPS) is 10.8. The van der Waals surface area contributed by atoms with Crippen LogP contribution in [0.5, 0.6) is 11.5 Å². The average molecular weight is 443 g/mol. The number of fused-ring (bicyclic) bond motifs is 1. The summed E-state index contributed by atoms with van der Waals surface area (Å²) in [5.74, 6) is -2.18. The van der Waals surface area contributed by atoms with Gasteiger partial charge in [-0.2, -0.15) is 4.68 Å². The fourth-order valence-corrected chi connectivity index (χ4v) is 3.69. The van der Waals surface area contributed by atoms with Crippen molar-refractivity contribution in [2.24, 2.45) is 0 Å². The fraction of sp³-hybridized carbons (Fsp3) is 0.0952. The van der Waals surface area contributed by atoms with Crippen LogP contribution in [-0.2, 0) is 0 Å². The van der Waals surface area contributed by atoms with E-state index in [2.05, 4.69) is 10.4 Å². The van der Waals surface area contributed by atoms with Gasteiger partial charge in [-0.1, -0.05) is 6.07 Å². The van der Waals surface area contributed by atoms with Gasteiger partial charge < -0.3 is 9.47 Å². The molecular weight excluding hydrogens is 428 g/mol. The summed E-state index contributed by atoms with van der Waals surface area (Å²) in [6, 6.07) is 9.24. The zero-order chi connectivity index (χ0) is 22.1. The van der Waals surface area contributed by atoms with Crippen LogP contribution < -0.4 is 20.5 Å². The van der Waals surface area contributed by atoms with Gasteiger partial charge in [0.05, 0.1) is 30.0 Å². The molecule has 4 aromatic rings. The van der Waals surface area contributed by atoms with E-state index in [9.17, 15) is 18.4 Å². The molecule has 4 rings (SSSR count). The van der Waals surface area contributed by atoms with Crippen LogP contribution in [0.2, 0.25) is 0 Å². The predicted molar refractivity (Wildman–Crippen MR) is 112 cm³/mol. The number of nitrogens with zero attached hydrogens (tertiary/aromatic N) is 2. The van der Waals surface area contributed by atoms with Gasteiger partial charge in [0.2, 0.25) is 0 Å². The SMILES string of the molecule is COc1cc2nc(-c3cccs3)n(NC(=O)c3ccc(F)c(F)c3)c(=O)c2cc1OC. The topological polar surface area (TPSA) is 82.5 Å². The molecule has 0 saturated carbocycles. The van der Waals surface area contributed by atoms with Gasteiger partial charge in [-0.15, -0.1) is 11.3 Å². The third-order valence-corrected chi connectivity index (χ3v) is 5.38. The van der Waals surface area contributed by atoms with E-state index in [0.717, 1.165) is 22.9 Å². The Bertz CT molecular complexity index is 1350. The summed E-state index contributed by atoms with van der Waals surface area (Å²) >= 11 is 1.31. The highest BCUT2D eigenvalue weighted by atomic mass is 32.1. The van der Waals surface area contributed by atoms with Crippen LogP contribution in [0, 0.1) is 11.6 Å². The van der Waals surface area contributed by atoms with E-state index in [1.807, 2.05) is 0 Å². The van der Waals surface area contributed by atoms with Crippen molar-refractivity contribution < 1.29 is 23.0 Å². The Labute approximate surface area is 178 Å². The maximum atomic E-state index is 13.6. The molecule has 2 aromatic carbocycles. The Morgan fingerprint density at radius 3 is 2.45 bits per heavy atom. The number of aromatic nitrogens is 2. The number of rotatable bonds is 5. The van der Waals surface area contributed by atoms with Gasteiger partial charge >= 0.3 is 0 Å². The lowest BCUT2D eigenvalue weighted by atomic mass is 10.2. The Kier molecular flexibility index (Phi) is 5.38. The zero-order valence-electron chi connectivity index (χ0n) is 16.3. The number of nitrogens with one attached hydrogen (secondary N) is 1. The Morgan fingerprint density at radius 2 is 1.81 bits per heavy atom. The quantitative estimate of drug-likeness (QED) is 0.507. The molecule has 1 amide bonds. The molecule has 0 aliphatic carbocycles. The Balaban J connectivity index is 1.90. The van der Waals surface area contributed by atoms with E-state index in [1.165, 1.54) is 31.6 Å². The number of benzene rings is 2. The third kappa shape index (κ3) is 3.73. The molecule has 1 N–H and O–H groups in total. The number of hydrogen-bond acceptors (Lipinski definition) is 6. The molecule has 31 heavy (non-hydrogen) atoms. The molecule has 0 aliphatic rings. The van der Waals surface area contributed by atoms with Crippen molar-refractivity contribution in [3.63, 3.8) is 0 Å². The third-order valence-electron chi connectivity index (χ3n) is 4.51. The smallest absolute Gasteiger partial charge is 0.280 e. The molecule has 2 heterocycles. The Morgan fingerprint density at radius 1 is 1.06 bits per heavy atom. The van der Waals surface area contributed by atoms with E-state index >= 15 is 0 Å². The zero-order valence-corrected chi connectivity index (χ0v) is 17.1. The van der Waals surface area contributed by atoms with Gasteiger partial charge in [-0.3, -0.25) is 15.0 Å². The summed E-state index contributed by atoms with van der Waals surface area (Å²) in [5.41, 5.74) is 2.04. The van der Waals surface area contributed by atoms with Crippen LogP contribution in [0.25, 0.3) is 21.6 Å². The van der Waals surface area contributed by atoms with Crippen LogP contribution in [0.15, 0.2) is 52.6 Å². The number of hydrogen-bond donors (Lipinski definition) is 1. The fourth-order valence-electron chi connectivity index (χ4n) is 2.99. The molecule has 0 spiro atoms. The first-order chi connectivity index (χ1) is 14.9. The average Bonchev–Trinajstić information content (AvgIpc) is 3.31. The first-order valence-electron chi connectivity index (χ1n) is 8.92. The van der Waals surface area contributed by atoms with Crippen molar-refractivity contribution >= 4 is 28.1 Å². The summed E-state index contributed by atoms with van der Waals surface area (Å²) < 4.78 is 38.3. The lowest BCUT2D eigenvalue weighted by Crippen LogP contribution is -2.35. The molecule has 0 fully saturated rings. The van der Waals surface area contributed by atoms with Gasteiger partial charge in [-0.25, -0.2) is 13.8 Å². The van der Waals surface area contributed by atoms with Gasteiger partial charge in [-0.05, 0) is 35.7 Å². The summed E-state index contributed by atoms with van der Waals surface area (Å²) in [7, 11) is 2.90. The largest absolute Gasteiger partial charge is 0.493 e. The van der Waals surface area contributed by atoms with Crippen molar-refractivity contribution in [1.29, 1.82) is 0 Å². The molecule has 0 aliphatic heterocycles. The second kappa shape index (κ2) is 8.15. The van der Waals surface area contributed by atoms with E-state index in [-0.39, 0.29) is 16.8 Å². The minimum atomic E-state index is -1.17. The standard InChI is InChI=1S/C21H15F2N3O4S/c1-29-16-9-12-15(10-17(16)30-2)24-19(18-4-3-7-31-18)26(21(12)28)25-20(27)11-5-6-13(22)14(23)8-11/h3-10H,1-2H3,(H,25,27). The molecule has 0 bridgehead atoms. The number of thiophene rings is 1. The number of carbonyl (C=O) groups excluding carboxylic acids is 1. The van der Waals surface area contributed by atoms with Gasteiger partial charge in [0.25, 0.3) is 11.5 Å². The van der Waals surface area contributed by atoms with E-state index in [0.29, 0.717) is 21.9 Å². The molecule has 0 saturated heterocycles. The highest BCUT2D eigenvalue weighted by Crippen LogP contribution is 2.31. The minimum absolute atomic E-state index is 0.157. The summed E-state index contributed by atoms with van der Waals surface area (Å²) in [6.07, 6.45) is 0. The molecule has 7 nitrogen and oxygen atoms in total. The van der Waals surface area contributed by atoms with Crippen LogP contribution in [-0.4, -0.2) is 29.8 Å². The number of halogens is 2. The maximum absolute atomic E-state index is 13.6. The summed E-state index contributed by atoms with van der Waals surface area (Å²) in [4.78, 5) is 31.1. The summed E-state index contributed by atoms with van der Waals surface area (Å²) in [6.45, 7) is 0. The van der Waals surface area contributed by atoms with Crippen molar-refractivity contribution in [3.05, 3.63) is 75.4 Å². The predicted octanol–water partition coefficient (Wildman–Crippen LogP) is 3.80. The molecule has 2 aromatic heterocycles. The number of ether oxygens (including phenoxy) is 2. The molecule has 158 valence electrons. The van der Waals surface area contributed by atoms with Crippen molar-refractivity contribution in [1.82, 2.24) is 9.66 Å². The van der Waals surface area contributed by atoms with Crippen LogP contribution in [0.1, 0.15) is 10.4 Å². The van der Waals surface area contributed by atoms with Crippen molar-refractivity contribution in [2.75, 3.05) is 19.6 Å². The number of methoxy groups -OCH3 is 2. The second-order valence-electron chi connectivity index (χ2n) is 6.35. The van der Waals surface area contributed by atoms with Crippen LogP contribution >= 0.6 is 11.3 Å². The van der Waals surface area contributed by atoms with Crippen LogP contribution in [0.4, 0.5) is 8.78 Å². The van der Waals surface area contributed by atoms with Crippen LogP contribution in [0.3, 0.4) is 0 Å². The first-order valence-corrected chi connectivity index (χ1v) is 9.80. The molecule has 0 unspecified atom stereocenters. The number of amides is 1. The molecule has 0 radical (unpaired) electrons. The lowest BCUT2D eigenvalue weighted by Gasteiger charge is -2.15. The molecular formula is C21H15F2N3O4S. The second-order valence-corrected chi connectivity index (χ2v) is 7.30. The van der Waals surface area contributed by atoms with E-state index in [4.69, 9.17) is 9.47 Å². The molecule has 10 heteroatoms. The van der Waals surface area contributed by atoms with E-state index < -0.39 is 23.1 Å². The van der Waals surface area contributed by atoms with Crippen molar-refractivity contribution in [2.45, 2.75) is 0 Å². The summed E-state index contributed by atoms with van der Waals surface area (Å²) in [5, 5.41) is 1.96. The lowest BCUT2D eigenvalue weighted by molar-refractivity contribution is 0.101. The van der Waals surface area contributed by atoms with E-state index in [1.54, 1.807) is 23.6 Å². The van der Waals surface area contributed by atoms with Gasteiger partial charge in [0.1, 0.15) is 0 Å². The highest BCUT2D eigenvalue weighted by Gasteiger charge is 2.19.